The van der Waals surface area contributed by atoms with Crippen molar-refractivity contribution < 1.29 is 20.4 Å². The van der Waals surface area contributed by atoms with Crippen molar-refractivity contribution in [2.24, 2.45) is 0 Å². The van der Waals surface area contributed by atoms with Gasteiger partial charge in [0.2, 0.25) is 0 Å². The molecule has 0 saturated heterocycles. The van der Waals surface area contributed by atoms with E-state index in [-0.39, 0.29) is 11.5 Å². The summed E-state index contributed by atoms with van der Waals surface area (Å²) in [4.78, 5) is 4.24. The van der Waals surface area contributed by atoms with E-state index >= 15 is 0 Å². The Kier molecular flexibility index (Phi) is 6.78. The molecule has 0 amide bonds. The van der Waals surface area contributed by atoms with Crippen LogP contribution in [0, 0.1) is 0 Å². The average molecular weight is 415 g/mol. The maximum Gasteiger partial charge on any atom is 0.121 e. The third kappa shape index (κ3) is 3.82. The van der Waals surface area contributed by atoms with Crippen molar-refractivity contribution in [2.75, 3.05) is 36.0 Å². The average Bonchev–Trinajstić information content (AvgIpc) is 2.73. The molecule has 1 aliphatic rings. The van der Waals surface area contributed by atoms with E-state index in [2.05, 4.69) is 37.5 Å². The van der Waals surface area contributed by atoms with Gasteiger partial charge in [0.05, 0.1) is 12.2 Å². The lowest BCUT2D eigenvalue weighted by molar-refractivity contribution is -0.0797. The summed E-state index contributed by atoms with van der Waals surface area (Å²) in [6.45, 7) is 11.5. The summed E-state index contributed by atoms with van der Waals surface area (Å²) in [5, 5.41) is 42.8. The first-order valence-corrected chi connectivity index (χ1v) is 10.9. The molecule has 6 heteroatoms. The summed E-state index contributed by atoms with van der Waals surface area (Å²) in [6.07, 6.45) is -1.79. The number of aromatic hydroxyl groups is 2. The highest BCUT2D eigenvalue weighted by atomic mass is 16.3. The van der Waals surface area contributed by atoms with Crippen molar-refractivity contribution in [1.82, 2.24) is 0 Å². The van der Waals surface area contributed by atoms with E-state index in [0.29, 0.717) is 11.1 Å². The largest absolute Gasteiger partial charge is 0.508 e. The summed E-state index contributed by atoms with van der Waals surface area (Å²) < 4.78 is 0. The highest BCUT2D eigenvalue weighted by Gasteiger charge is 2.52. The van der Waals surface area contributed by atoms with Crippen LogP contribution in [0.5, 0.6) is 11.5 Å². The van der Waals surface area contributed by atoms with Gasteiger partial charge in [-0.25, -0.2) is 0 Å². The first-order chi connectivity index (χ1) is 14.4. The summed E-state index contributed by atoms with van der Waals surface area (Å²) in [5.41, 5.74) is 2.87. The van der Waals surface area contributed by atoms with Crippen LogP contribution in [0.3, 0.4) is 0 Å². The Balaban J connectivity index is 1.82. The number of aliphatic hydroxyl groups is 2. The predicted molar refractivity (Wildman–Crippen MR) is 121 cm³/mol. The zero-order chi connectivity index (χ0) is 22.0. The highest BCUT2D eigenvalue weighted by Crippen LogP contribution is 2.52. The maximum absolute atomic E-state index is 10.8. The minimum Gasteiger partial charge on any atom is -0.508 e. The number of nitrogens with zero attached hydrogens (tertiary/aromatic N) is 2. The lowest BCUT2D eigenvalue weighted by Crippen LogP contribution is -2.51. The number of rotatable bonds is 8. The molecule has 6 nitrogen and oxygen atoms in total. The zero-order valence-electron chi connectivity index (χ0n) is 18.3. The Morgan fingerprint density at radius 2 is 0.967 bits per heavy atom. The van der Waals surface area contributed by atoms with Gasteiger partial charge < -0.3 is 30.2 Å². The molecule has 0 spiro atoms. The van der Waals surface area contributed by atoms with E-state index in [9.17, 15) is 20.4 Å². The summed E-state index contributed by atoms with van der Waals surface area (Å²) in [6, 6.07) is 10.7. The molecule has 30 heavy (non-hydrogen) atoms. The quantitative estimate of drug-likeness (QED) is 0.530. The van der Waals surface area contributed by atoms with E-state index in [1.54, 1.807) is 24.3 Å². The lowest BCUT2D eigenvalue weighted by Gasteiger charge is -2.47. The van der Waals surface area contributed by atoms with Crippen LogP contribution in [0.1, 0.15) is 50.7 Å². The van der Waals surface area contributed by atoms with E-state index in [1.807, 2.05) is 12.1 Å². The van der Waals surface area contributed by atoms with Gasteiger partial charge in [0.25, 0.3) is 0 Å². The van der Waals surface area contributed by atoms with Crippen LogP contribution < -0.4 is 9.80 Å². The number of phenolic OH excluding ortho intramolecular Hbond substituents is 2. The van der Waals surface area contributed by atoms with E-state index in [4.69, 9.17) is 0 Å². The van der Waals surface area contributed by atoms with Crippen LogP contribution in [0.25, 0.3) is 0 Å². The second kappa shape index (κ2) is 9.14. The first kappa shape index (κ1) is 22.2. The molecule has 1 aliphatic carbocycles. The standard InChI is InChI=1S/C24H34N2O4/c1-5-25(6-2)15-9-11-17(19(27)13-15)21-23(29)22(24(21)30)18-12-10-16(14-20(18)28)26(7-3)8-4/h9-14,21-24,27-30H,5-8H2,1-4H3. The van der Waals surface area contributed by atoms with Gasteiger partial charge >= 0.3 is 0 Å². The van der Waals surface area contributed by atoms with Crippen LogP contribution in [-0.2, 0) is 0 Å². The van der Waals surface area contributed by atoms with Crippen LogP contribution in [0.4, 0.5) is 11.4 Å². The Morgan fingerprint density at radius 1 is 0.633 bits per heavy atom. The van der Waals surface area contributed by atoms with E-state index in [1.165, 1.54) is 0 Å². The third-order valence-corrected chi connectivity index (χ3v) is 6.48. The molecule has 4 N–H and O–H groups in total. The monoisotopic (exact) mass is 414 g/mol. The number of aliphatic hydroxyl groups excluding tert-OH is 2. The fourth-order valence-electron chi connectivity index (χ4n) is 4.64. The Labute approximate surface area is 179 Å². The molecule has 2 aromatic carbocycles. The molecule has 1 saturated carbocycles. The Hall–Kier alpha value is -2.44. The van der Waals surface area contributed by atoms with Gasteiger partial charge in [0.1, 0.15) is 11.5 Å². The normalized spacial score (nSPS) is 23.1. The SMILES string of the molecule is CCN(CC)c1ccc(C2C(O)C(c3ccc(N(CC)CC)cc3O)C2O)c(O)c1. The molecular weight excluding hydrogens is 380 g/mol. The van der Waals surface area contributed by atoms with Gasteiger partial charge in [0, 0.05) is 72.6 Å². The number of hydrogen-bond acceptors (Lipinski definition) is 6. The second-order valence-electron chi connectivity index (χ2n) is 7.86. The molecule has 0 heterocycles. The van der Waals surface area contributed by atoms with Gasteiger partial charge in [0.15, 0.2) is 0 Å². The maximum atomic E-state index is 10.8. The van der Waals surface area contributed by atoms with Gasteiger partial charge in [-0.05, 0) is 39.8 Å². The second-order valence-corrected chi connectivity index (χ2v) is 7.86. The lowest BCUT2D eigenvalue weighted by atomic mass is 9.63. The molecule has 3 rings (SSSR count). The zero-order valence-corrected chi connectivity index (χ0v) is 18.3. The van der Waals surface area contributed by atoms with Crippen LogP contribution in [-0.4, -0.2) is 58.8 Å². The fraction of sp³-hybridized carbons (Fsp3) is 0.500. The Bertz CT molecular complexity index is 785. The molecular formula is C24H34N2O4. The van der Waals surface area contributed by atoms with Crippen molar-refractivity contribution in [3.05, 3.63) is 47.5 Å². The third-order valence-electron chi connectivity index (χ3n) is 6.48. The van der Waals surface area contributed by atoms with Gasteiger partial charge in [-0.2, -0.15) is 0 Å². The molecule has 0 atom stereocenters. The van der Waals surface area contributed by atoms with Crippen LogP contribution >= 0.6 is 0 Å². The van der Waals surface area contributed by atoms with E-state index < -0.39 is 24.0 Å². The minimum absolute atomic E-state index is 0.0713. The van der Waals surface area contributed by atoms with Crippen molar-refractivity contribution in [2.45, 2.75) is 51.7 Å². The summed E-state index contributed by atoms with van der Waals surface area (Å²) >= 11 is 0. The molecule has 0 unspecified atom stereocenters. The predicted octanol–water partition coefficient (Wildman–Crippen LogP) is 3.39. The van der Waals surface area contributed by atoms with Crippen LogP contribution in [0.15, 0.2) is 36.4 Å². The number of hydrogen-bond donors (Lipinski definition) is 4. The van der Waals surface area contributed by atoms with Crippen molar-refractivity contribution in [1.29, 1.82) is 0 Å². The van der Waals surface area contributed by atoms with Gasteiger partial charge in [-0.15, -0.1) is 0 Å². The van der Waals surface area contributed by atoms with Crippen molar-refractivity contribution in [3.8, 4) is 11.5 Å². The van der Waals surface area contributed by atoms with Gasteiger partial charge in [-0.3, -0.25) is 0 Å². The topological polar surface area (TPSA) is 87.4 Å². The molecule has 0 radical (unpaired) electrons. The van der Waals surface area contributed by atoms with Crippen molar-refractivity contribution in [3.63, 3.8) is 0 Å². The molecule has 0 aromatic heterocycles. The molecule has 1 fully saturated rings. The summed E-state index contributed by atoms with van der Waals surface area (Å²) in [5.74, 6) is -1.05. The molecule has 164 valence electrons. The number of benzene rings is 2. The molecule has 0 bridgehead atoms. The smallest absolute Gasteiger partial charge is 0.121 e. The van der Waals surface area contributed by atoms with Crippen LogP contribution in [0.2, 0.25) is 0 Å². The fourth-order valence-corrected chi connectivity index (χ4v) is 4.64. The number of phenols is 2. The molecule has 2 aromatic rings. The summed E-state index contributed by atoms with van der Waals surface area (Å²) in [7, 11) is 0. The van der Waals surface area contributed by atoms with E-state index in [0.717, 1.165) is 37.6 Å². The van der Waals surface area contributed by atoms with Crippen molar-refractivity contribution >= 4 is 11.4 Å². The number of anilines is 2. The first-order valence-electron chi connectivity index (χ1n) is 10.9. The van der Waals surface area contributed by atoms with Gasteiger partial charge in [-0.1, -0.05) is 12.1 Å². The molecule has 0 aliphatic heterocycles. The highest BCUT2D eigenvalue weighted by molar-refractivity contribution is 5.58. The minimum atomic E-state index is -0.893. The Morgan fingerprint density at radius 3 is 1.23 bits per heavy atom.